The van der Waals surface area contributed by atoms with Gasteiger partial charge in [0.1, 0.15) is 0 Å². The summed E-state index contributed by atoms with van der Waals surface area (Å²) < 4.78 is 0. The van der Waals surface area contributed by atoms with Crippen molar-refractivity contribution in [1.29, 1.82) is 0 Å². The highest BCUT2D eigenvalue weighted by molar-refractivity contribution is 5.94. The number of likely N-dealkylation sites (N-methyl/N-ethyl adjacent to an activating group) is 1. The van der Waals surface area contributed by atoms with Crippen molar-refractivity contribution in [2.24, 2.45) is 0 Å². The summed E-state index contributed by atoms with van der Waals surface area (Å²) in [7, 11) is 6.16. The monoisotopic (exact) mass is 257 g/mol. The van der Waals surface area contributed by atoms with Crippen molar-refractivity contribution in [2.75, 3.05) is 32.6 Å². The van der Waals surface area contributed by atoms with E-state index in [-0.39, 0.29) is 0 Å². The molecule has 0 radical (unpaired) electrons. The normalized spacial score (nSPS) is 11.0. The predicted octanol–water partition coefficient (Wildman–Crippen LogP) is 2.68. The molecule has 102 valence electrons. The number of hydrogen-bond donors (Lipinski definition) is 1. The molecule has 0 aliphatic heterocycles. The van der Waals surface area contributed by atoms with Crippen molar-refractivity contribution in [3.05, 3.63) is 35.0 Å². The largest absolute Gasteiger partial charge is 0.377 e. The Bertz CT molecular complexity index is 588. The zero-order chi connectivity index (χ0) is 14.0. The Hall–Kier alpha value is -1.61. The van der Waals surface area contributed by atoms with Crippen LogP contribution in [0.25, 0.3) is 10.9 Å². The van der Waals surface area contributed by atoms with Crippen LogP contribution in [0.1, 0.15) is 16.8 Å². The smallest absolute Gasteiger partial charge is 0.0755 e. The van der Waals surface area contributed by atoms with Crippen molar-refractivity contribution >= 4 is 16.6 Å². The number of rotatable bonds is 4. The van der Waals surface area contributed by atoms with Crippen LogP contribution in [-0.4, -0.2) is 32.7 Å². The topological polar surface area (TPSA) is 28.2 Å². The zero-order valence-electron chi connectivity index (χ0n) is 12.5. The highest BCUT2D eigenvalue weighted by Gasteiger charge is 2.10. The minimum atomic E-state index is 0.955. The second-order valence-corrected chi connectivity index (χ2v) is 5.36. The van der Waals surface area contributed by atoms with E-state index in [9.17, 15) is 0 Å². The molecular weight excluding hydrogens is 234 g/mol. The number of fused-ring (bicyclic) bond motifs is 1. The molecule has 0 saturated carbocycles. The lowest BCUT2D eigenvalue weighted by molar-refractivity contribution is 0.778. The number of nitrogens with zero attached hydrogens (tertiary/aromatic N) is 2. The molecule has 0 unspecified atom stereocenters. The van der Waals surface area contributed by atoms with Crippen molar-refractivity contribution in [3.63, 3.8) is 0 Å². The van der Waals surface area contributed by atoms with Gasteiger partial charge in [-0.25, -0.2) is 0 Å². The van der Waals surface area contributed by atoms with Gasteiger partial charge in [-0.1, -0.05) is 11.6 Å². The van der Waals surface area contributed by atoms with E-state index in [1.165, 1.54) is 22.2 Å². The van der Waals surface area contributed by atoms with E-state index in [4.69, 9.17) is 4.98 Å². The van der Waals surface area contributed by atoms with Crippen molar-refractivity contribution in [2.45, 2.75) is 20.3 Å². The summed E-state index contributed by atoms with van der Waals surface area (Å²) in [6.07, 6.45) is 0.959. The molecule has 1 N–H and O–H groups in total. The third-order valence-electron chi connectivity index (χ3n) is 3.39. The average Bonchev–Trinajstić information content (AvgIpc) is 2.35. The van der Waals surface area contributed by atoms with Crippen molar-refractivity contribution in [3.8, 4) is 0 Å². The molecule has 0 saturated heterocycles. The van der Waals surface area contributed by atoms with Crippen molar-refractivity contribution < 1.29 is 0 Å². The number of pyridine rings is 1. The van der Waals surface area contributed by atoms with Gasteiger partial charge in [0.05, 0.1) is 5.52 Å². The van der Waals surface area contributed by atoms with Gasteiger partial charge in [-0.05, 0) is 38.6 Å². The molecule has 0 spiro atoms. The van der Waals surface area contributed by atoms with Gasteiger partial charge in [0.15, 0.2) is 0 Å². The number of hydrogen-bond acceptors (Lipinski definition) is 3. The van der Waals surface area contributed by atoms with Crippen LogP contribution in [0.2, 0.25) is 0 Å². The molecule has 1 aromatic carbocycles. The Morgan fingerprint density at radius 2 is 1.89 bits per heavy atom. The second-order valence-electron chi connectivity index (χ2n) is 5.36. The number of aromatic nitrogens is 1. The summed E-state index contributed by atoms with van der Waals surface area (Å²) >= 11 is 0. The fourth-order valence-electron chi connectivity index (χ4n) is 2.47. The second kappa shape index (κ2) is 5.57. The van der Waals surface area contributed by atoms with E-state index < -0.39 is 0 Å². The lowest BCUT2D eigenvalue weighted by atomic mass is 10.0. The van der Waals surface area contributed by atoms with Crippen LogP contribution in [0.15, 0.2) is 18.2 Å². The lowest BCUT2D eigenvalue weighted by Crippen LogP contribution is -2.14. The van der Waals surface area contributed by atoms with E-state index in [0.717, 1.165) is 24.2 Å². The Kier molecular flexibility index (Phi) is 4.05. The Morgan fingerprint density at radius 1 is 1.16 bits per heavy atom. The van der Waals surface area contributed by atoms with Crippen LogP contribution in [0.4, 0.5) is 5.69 Å². The number of nitrogens with one attached hydrogen (secondary N) is 1. The molecule has 0 fully saturated rings. The van der Waals surface area contributed by atoms with Crippen LogP contribution >= 0.6 is 0 Å². The molecule has 2 rings (SSSR count). The maximum Gasteiger partial charge on any atom is 0.0755 e. The number of aryl methyl sites for hydroxylation is 2. The maximum absolute atomic E-state index is 4.83. The van der Waals surface area contributed by atoms with E-state index in [1.807, 2.05) is 7.05 Å². The fourth-order valence-corrected chi connectivity index (χ4v) is 2.47. The van der Waals surface area contributed by atoms with Gasteiger partial charge < -0.3 is 10.2 Å². The zero-order valence-corrected chi connectivity index (χ0v) is 12.5. The van der Waals surface area contributed by atoms with Gasteiger partial charge in [-0.15, -0.1) is 0 Å². The Labute approximate surface area is 115 Å². The van der Waals surface area contributed by atoms with Gasteiger partial charge in [0.25, 0.3) is 0 Å². The van der Waals surface area contributed by atoms with Crippen LogP contribution in [-0.2, 0) is 6.42 Å². The standard InChI is InChI=1S/C16H23N3/c1-11-8-12(2)16-14(9-11)15(19(4)5)10-13(18-16)6-7-17-3/h8-10,17H,6-7H2,1-5H3. The van der Waals surface area contributed by atoms with Gasteiger partial charge in [0, 0.05) is 43.8 Å². The third kappa shape index (κ3) is 2.87. The van der Waals surface area contributed by atoms with Crippen molar-refractivity contribution in [1.82, 2.24) is 10.3 Å². The Balaban J connectivity index is 2.65. The summed E-state index contributed by atoms with van der Waals surface area (Å²) in [4.78, 5) is 7.00. The molecular formula is C16H23N3. The van der Waals surface area contributed by atoms with Crippen LogP contribution in [0.5, 0.6) is 0 Å². The average molecular weight is 257 g/mol. The molecule has 0 atom stereocenters. The lowest BCUT2D eigenvalue weighted by Gasteiger charge is -2.18. The van der Waals surface area contributed by atoms with E-state index in [1.54, 1.807) is 0 Å². The first-order chi connectivity index (χ1) is 9.02. The Morgan fingerprint density at radius 3 is 2.53 bits per heavy atom. The molecule has 1 aromatic heterocycles. The first kappa shape index (κ1) is 13.8. The van der Waals surface area contributed by atoms with Gasteiger partial charge >= 0.3 is 0 Å². The highest BCUT2D eigenvalue weighted by atomic mass is 15.1. The summed E-state index contributed by atoms with van der Waals surface area (Å²) in [6, 6.07) is 6.64. The quantitative estimate of drug-likeness (QED) is 0.912. The van der Waals surface area contributed by atoms with Gasteiger partial charge in [0.2, 0.25) is 0 Å². The third-order valence-corrected chi connectivity index (χ3v) is 3.39. The number of anilines is 1. The molecule has 0 aliphatic carbocycles. The summed E-state index contributed by atoms with van der Waals surface area (Å²) in [5, 5.41) is 4.43. The van der Waals surface area contributed by atoms with Crippen LogP contribution in [0, 0.1) is 13.8 Å². The maximum atomic E-state index is 4.83. The first-order valence-electron chi connectivity index (χ1n) is 6.75. The van der Waals surface area contributed by atoms with Gasteiger partial charge in [-0.3, -0.25) is 4.98 Å². The molecule has 3 heteroatoms. The molecule has 19 heavy (non-hydrogen) atoms. The first-order valence-corrected chi connectivity index (χ1v) is 6.75. The number of benzene rings is 1. The van der Waals surface area contributed by atoms with E-state index in [0.29, 0.717) is 0 Å². The summed E-state index contributed by atoms with van der Waals surface area (Å²) in [6.45, 7) is 5.24. The summed E-state index contributed by atoms with van der Waals surface area (Å²) in [5.74, 6) is 0. The molecule has 0 bridgehead atoms. The van der Waals surface area contributed by atoms with E-state index >= 15 is 0 Å². The van der Waals surface area contributed by atoms with Gasteiger partial charge in [-0.2, -0.15) is 0 Å². The molecule has 0 amide bonds. The highest BCUT2D eigenvalue weighted by Crippen LogP contribution is 2.28. The van der Waals surface area contributed by atoms with Crippen LogP contribution in [0.3, 0.4) is 0 Å². The molecule has 3 nitrogen and oxygen atoms in total. The minimum absolute atomic E-state index is 0.955. The minimum Gasteiger partial charge on any atom is -0.377 e. The molecule has 1 heterocycles. The molecule has 2 aromatic rings. The SMILES string of the molecule is CNCCc1cc(N(C)C)c2cc(C)cc(C)c2n1. The molecule has 0 aliphatic rings. The van der Waals surface area contributed by atoms with E-state index in [2.05, 4.69) is 56.4 Å². The summed E-state index contributed by atoms with van der Waals surface area (Å²) in [5.41, 5.74) is 6.07. The fraction of sp³-hybridized carbons (Fsp3) is 0.438. The predicted molar refractivity (Wildman–Crippen MR) is 83.2 cm³/mol. The van der Waals surface area contributed by atoms with Crippen LogP contribution < -0.4 is 10.2 Å².